The number of ketones is 1. The highest BCUT2D eigenvalue weighted by Crippen LogP contribution is 2.36. The summed E-state index contributed by atoms with van der Waals surface area (Å²) in [5, 5.41) is 0.601. The molecule has 1 unspecified atom stereocenters. The Balaban J connectivity index is 1.95. The van der Waals surface area contributed by atoms with E-state index < -0.39 is 6.10 Å². The van der Waals surface area contributed by atoms with Gasteiger partial charge in [-0.3, -0.25) is 4.79 Å². The zero-order valence-electron chi connectivity index (χ0n) is 9.98. The lowest BCUT2D eigenvalue weighted by molar-refractivity contribution is 0.0515. The molecule has 1 saturated carbocycles. The van der Waals surface area contributed by atoms with Crippen molar-refractivity contribution in [1.29, 1.82) is 0 Å². The molecule has 3 nitrogen and oxygen atoms in total. The van der Waals surface area contributed by atoms with Gasteiger partial charge in [0, 0.05) is 12.5 Å². The number of rotatable bonds is 4. The zero-order valence-corrected chi connectivity index (χ0v) is 9.98. The van der Waals surface area contributed by atoms with Crippen LogP contribution in [0, 0.1) is 11.7 Å². The van der Waals surface area contributed by atoms with E-state index in [1.54, 1.807) is 6.07 Å². The molecule has 1 aromatic heterocycles. The van der Waals surface area contributed by atoms with Gasteiger partial charge in [-0.25, -0.2) is 4.39 Å². The van der Waals surface area contributed by atoms with Gasteiger partial charge in [-0.1, -0.05) is 0 Å². The number of carbonyl (C=O) groups excluding carboxylic acids is 1. The van der Waals surface area contributed by atoms with E-state index in [0.717, 1.165) is 12.8 Å². The first-order valence-electron chi connectivity index (χ1n) is 5.95. The fourth-order valence-corrected chi connectivity index (χ4v) is 2.19. The predicted molar refractivity (Wildman–Crippen MR) is 64.0 cm³/mol. The molecule has 0 bridgehead atoms. The van der Waals surface area contributed by atoms with Crippen LogP contribution in [0.3, 0.4) is 0 Å². The van der Waals surface area contributed by atoms with E-state index in [9.17, 15) is 9.18 Å². The minimum atomic E-state index is -0.435. The lowest BCUT2D eigenvalue weighted by Gasteiger charge is -2.10. The summed E-state index contributed by atoms with van der Waals surface area (Å²) in [7, 11) is 1.53. The molecular formula is C14H13FO3. The maximum atomic E-state index is 13.1. The van der Waals surface area contributed by atoms with E-state index in [-0.39, 0.29) is 17.4 Å². The molecule has 3 rings (SSSR count). The SMILES string of the molecule is COC(C(=O)c1cc2cc(F)ccc2o1)C1CC1. The molecule has 0 N–H and O–H groups in total. The lowest BCUT2D eigenvalue weighted by Crippen LogP contribution is -2.24. The van der Waals surface area contributed by atoms with Crippen LogP contribution in [-0.4, -0.2) is 19.0 Å². The Morgan fingerprint density at radius 2 is 2.22 bits per heavy atom. The molecule has 0 radical (unpaired) electrons. The van der Waals surface area contributed by atoms with Crippen molar-refractivity contribution in [1.82, 2.24) is 0 Å². The Morgan fingerprint density at radius 3 is 2.89 bits per heavy atom. The molecule has 0 amide bonds. The summed E-state index contributed by atoms with van der Waals surface area (Å²) in [4.78, 5) is 12.2. The van der Waals surface area contributed by atoms with E-state index in [4.69, 9.17) is 9.15 Å². The number of hydrogen-bond acceptors (Lipinski definition) is 3. The summed E-state index contributed by atoms with van der Waals surface area (Å²) in [5.41, 5.74) is 0.519. The van der Waals surface area contributed by atoms with Crippen LogP contribution in [0.4, 0.5) is 4.39 Å². The van der Waals surface area contributed by atoms with Crippen molar-refractivity contribution in [3.05, 3.63) is 35.8 Å². The zero-order chi connectivity index (χ0) is 12.7. The van der Waals surface area contributed by atoms with Gasteiger partial charge in [0.05, 0.1) is 0 Å². The highest BCUT2D eigenvalue weighted by molar-refractivity contribution is 6.00. The van der Waals surface area contributed by atoms with Crippen molar-refractivity contribution in [2.75, 3.05) is 7.11 Å². The van der Waals surface area contributed by atoms with Crippen molar-refractivity contribution in [3.8, 4) is 0 Å². The van der Waals surface area contributed by atoms with Crippen LogP contribution in [0.25, 0.3) is 11.0 Å². The number of methoxy groups -OCH3 is 1. The highest BCUT2D eigenvalue weighted by Gasteiger charge is 2.37. The molecule has 4 heteroatoms. The maximum absolute atomic E-state index is 13.1. The second-order valence-electron chi connectivity index (χ2n) is 4.65. The average Bonchev–Trinajstić information content (AvgIpc) is 3.08. The molecule has 1 heterocycles. The van der Waals surface area contributed by atoms with Crippen molar-refractivity contribution < 1.29 is 18.3 Å². The van der Waals surface area contributed by atoms with Crippen molar-refractivity contribution in [2.24, 2.45) is 5.92 Å². The van der Waals surface area contributed by atoms with Crippen LogP contribution in [0.1, 0.15) is 23.4 Å². The molecule has 18 heavy (non-hydrogen) atoms. The molecule has 1 aliphatic rings. The van der Waals surface area contributed by atoms with Crippen molar-refractivity contribution in [2.45, 2.75) is 18.9 Å². The summed E-state index contributed by atoms with van der Waals surface area (Å²) >= 11 is 0. The molecular weight excluding hydrogens is 235 g/mol. The predicted octanol–water partition coefficient (Wildman–Crippen LogP) is 3.18. The minimum Gasteiger partial charge on any atom is -0.453 e. The van der Waals surface area contributed by atoms with Gasteiger partial charge in [0.25, 0.3) is 0 Å². The van der Waals surface area contributed by atoms with Gasteiger partial charge in [0.15, 0.2) is 5.76 Å². The largest absolute Gasteiger partial charge is 0.453 e. The molecule has 0 aliphatic heterocycles. The van der Waals surface area contributed by atoms with Crippen molar-refractivity contribution in [3.63, 3.8) is 0 Å². The summed E-state index contributed by atoms with van der Waals surface area (Å²) in [6, 6.07) is 5.78. The highest BCUT2D eigenvalue weighted by atomic mass is 19.1. The quantitative estimate of drug-likeness (QED) is 0.780. The fraction of sp³-hybridized carbons (Fsp3) is 0.357. The van der Waals surface area contributed by atoms with Crippen molar-refractivity contribution >= 4 is 16.8 Å². The number of carbonyl (C=O) groups is 1. The maximum Gasteiger partial charge on any atom is 0.226 e. The van der Waals surface area contributed by atoms with Gasteiger partial charge in [-0.15, -0.1) is 0 Å². The number of ether oxygens (including phenoxy) is 1. The Hall–Kier alpha value is -1.68. The van der Waals surface area contributed by atoms with Gasteiger partial charge < -0.3 is 9.15 Å². The summed E-state index contributed by atoms with van der Waals surface area (Å²) in [6.45, 7) is 0. The number of benzene rings is 1. The summed E-state index contributed by atoms with van der Waals surface area (Å²) in [5.74, 6) is 0.0474. The molecule has 2 aromatic rings. The van der Waals surface area contributed by atoms with Gasteiger partial charge in [0.1, 0.15) is 17.5 Å². The second-order valence-corrected chi connectivity index (χ2v) is 4.65. The number of furan rings is 1. The van der Waals surface area contributed by atoms with Crippen LogP contribution >= 0.6 is 0 Å². The monoisotopic (exact) mass is 248 g/mol. The average molecular weight is 248 g/mol. The molecule has 1 aliphatic carbocycles. The number of Topliss-reactive ketones (excluding diaryl/α,β-unsaturated/α-hetero) is 1. The van der Waals surface area contributed by atoms with Gasteiger partial charge in [-0.05, 0) is 43.0 Å². The van der Waals surface area contributed by atoms with E-state index in [2.05, 4.69) is 0 Å². The molecule has 1 atom stereocenters. The van der Waals surface area contributed by atoms with Crippen LogP contribution in [0.15, 0.2) is 28.7 Å². The van der Waals surface area contributed by atoms with E-state index in [1.807, 2.05) is 0 Å². The molecule has 1 fully saturated rings. The molecule has 94 valence electrons. The molecule has 1 aromatic carbocycles. The number of hydrogen-bond donors (Lipinski definition) is 0. The summed E-state index contributed by atoms with van der Waals surface area (Å²) in [6.07, 6.45) is 1.59. The third-order valence-corrected chi connectivity index (χ3v) is 3.28. The number of fused-ring (bicyclic) bond motifs is 1. The summed E-state index contributed by atoms with van der Waals surface area (Å²) < 4.78 is 23.7. The Labute approximate surface area is 104 Å². The van der Waals surface area contributed by atoms with Gasteiger partial charge in [0.2, 0.25) is 5.78 Å². The van der Waals surface area contributed by atoms with E-state index in [1.165, 1.54) is 25.3 Å². The van der Waals surface area contributed by atoms with E-state index in [0.29, 0.717) is 16.9 Å². The normalized spacial score (nSPS) is 17.0. The van der Waals surface area contributed by atoms with Crippen LogP contribution in [0.2, 0.25) is 0 Å². The topological polar surface area (TPSA) is 39.4 Å². The van der Waals surface area contributed by atoms with Gasteiger partial charge in [-0.2, -0.15) is 0 Å². The lowest BCUT2D eigenvalue weighted by atomic mass is 10.1. The van der Waals surface area contributed by atoms with Gasteiger partial charge >= 0.3 is 0 Å². The Morgan fingerprint density at radius 1 is 1.44 bits per heavy atom. The van der Waals surface area contributed by atoms with E-state index >= 15 is 0 Å². The Bertz CT molecular complexity index is 598. The van der Waals surface area contributed by atoms with Crippen LogP contribution < -0.4 is 0 Å². The first kappa shape index (κ1) is 11.4. The smallest absolute Gasteiger partial charge is 0.226 e. The molecule has 0 spiro atoms. The standard InChI is InChI=1S/C14H13FO3/c1-17-14(8-2-3-8)13(16)12-7-9-6-10(15)4-5-11(9)18-12/h4-8,14H,2-3H2,1H3. The van der Waals surface area contributed by atoms with Crippen LogP contribution in [-0.2, 0) is 4.74 Å². The van der Waals surface area contributed by atoms with Crippen LogP contribution in [0.5, 0.6) is 0 Å². The first-order valence-corrected chi connectivity index (χ1v) is 5.95. The second kappa shape index (κ2) is 4.21. The Kier molecular flexibility index (Phi) is 2.67. The first-order chi connectivity index (χ1) is 8.69. The number of halogens is 1. The molecule has 0 saturated heterocycles. The third kappa shape index (κ3) is 1.93. The minimum absolute atomic E-state index is 0.156. The third-order valence-electron chi connectivity index (χ3n) is 3.28. The fourth-order valence-electron chi connectivity index (χ4n) is 2.19.